The van der Waals surface area contributed by atoms with Crippen molar-refractivity contribution in [3.63, 3.8) is 0 Å². The largest absolute Gasteiger partial charge is 0.351 e. The minimum absolute atomic E-state index is 0.128. The molecule has 2 rings (SSSR count). The molecule has 2 aromatic rings. The highest BCUT2D eigenvalue weighted by Gasteiger charge is 2.04. The fourth-order valence-electron chi connectivity index (χ4n) is 1.61. The number of nitrogens with one attached hydrogen (secondary N) is 1. The van der Waals surface area contributed by atoms with Gasteiger partial charge in [0.2, 0.25) is 0 Å². The third-order valence-electron chi connectivity index (χ3n) is 2.52. The van der Waals surface area contributed by atoms with Crippen LogP contribution >= 0.6 is 0 Å². The summed E-state index contributed by atoms with van der Waals surface area (Å²) in [5, 5.41) is 2.84. The van der Waals surface area contributed by atoms with Gasteiger partial charge in [-0.25, -0.2) is 0 Å². The van der Waals surface area contributed by atoms with Crippen molar-refractivity contribution in [2.75, 3.05) is 6.54 Å². The molecule has 2 aromatic heterocycles. The van der Waals surface area contributed by atoms with Crippen molar-refractivity contribution in [3.8, 4) is 0 Å². The molecule has 92 valence electrons. The van der Waals surface area contributed by atoms with Crippen LogP contribution in [-0.2, 0) is 6.42 Å². The Bertz CT molecular complexity index is 485. The Hall–Kier alpha value is -2.23. The number of carbonyl (C=O) groups is 1. The molecule has 0 spiro atoms. The molecule has 0 saturated heterocycles. The SMILES string of the molecule is O=C(NCCCc1ccccn1)c1ccccn1. The summed E-state index contributed by atoms with van der Waals surface area (Å²) in [6, 6.07) is 11.1. The molecule has 0 atom stereocenters. The van der Waals surface area contributed by atoms with Gasteiger partial charge in [-0.1, -0.05) is 12.1 Å². The van der Waals surface area contributed by atoms with Gasteiger partial charge in [0.15, 0.2) is 0 Å². The molecular weight excluding hydrogens is 226 g/mol. The van der Waals surface area contributed by atoms with Crippen LogP contribution in [0.1, 0.15) is 22.6 Å². The average molecular weight is 241 g/mol. The zero-order chi connectivity index (χ0) is 12.6. The van der Waals surface area contributed by atoms with Crippen LogP contribution in [0.5, 0.6) is 0 Å². The molecule has 0 aliphatic rings. The van der Waals surface area contributed by atoms with E-state index in [4.69, 9.17) is 0 Å². The summed E-state index contributed by atoms with van der Waals surface area (Å²) in [6.07, 6.45) is 5.13. The molecule has 4 heteroatoms. The molecule has 4 nitrogen and oxygen atoms in total. The zero-order valence-electron chi connectivity index (χ0n) is 10.0. The molecule has 0 radical (unpaired) electrons. The van der Waals surface area contributed by atoms with E-state index in [1.54, 1.807) is 30.6 Å². The van der Waals surface area contributed by atoms with E-state index >= 15 is 0 Å². The number of hydrogen-bond acceptors (Lipinski definition) is 3. The van der Waals surface area contributed by atoms with Crippen molar-refractivity contribution in [2.45, 2.75) is 12.8 Å². The van der Waals surface area contributed by atoms with Gasteiger partial charge in [0.25, 0.3) is 5.91 Å². The van der Waals surface area contributed by atoms with Crippen LogP contribution in [0.4, 0.5) is 0 Å². The van der Waals surface area contributed by atoms with Crippen LogP contribution in [0.3, 0.4) is 0 Å². The van der Waals surface area contributed by atoms with Crippen molar-refractivity contribution >= 4 is 5.91 Å². The standard InChI is InChI=1S/C14H15N3O/c18-14(13-8-2-4-10-16-13)17-11-5-7-12-6-1-3-9-15-12/h1-4,6,8-10H,5,7,11H2,(H,17,18). The molecular formula is C14H15N3O. The molecule has 18 heavy (non-hydrogen) atoms. The average Bonchev–Trinajstić information content (AvgIpc) is 2.45. The van der Waals surface area contributed by atoms with E-state index in [1.165, 1.54) is 0 Å². The van der Waals surface area contributed by atoms with Crippen LogP contribution in [-0.4, -0.2) is 22.4 Å². The Labute approximate surface area is 106 Å². The van der Waals surface area contributed by atoms with E-state index in [2.05, 4.69) is 15.3 Å². The number of carbonyl (C=O) groups excluding carboxylic acids is 1. The van der Waals surface area contributed by atoms with Gasteiger partial charge in [0, 0.05) is 24.6 Å². The maximum Gasteiger partial charge on any atom is 0.269 e. The highest BCUT2D eigenvalue weighted by atomic mass is 16.1. The molecule has 0 aliphatic heterocycles. The van der Waals surface area contributed by atoms with Crippen molar-refractivity contribution < 1.29 is 4.79 Å². The summed E-state index contributed by atoms with van der Waals surface area (Å²) in [4.78, 5) is 19.9. The molecule has 1 amide bonds. The third kappa shape index (κ3) is 3.66. The predicted molar refractivity (Wildman–Crippen MR) is 69.1 cm³/mol. The lowest BCUT2D eigenvalue weighted by molar-refractivity contribution is 0.0948. The number of hydrogen-bond donors (Lipinski definition) is 1. The van der Waals surface area contributed by atoms with E-state index < -0.39 is 0 Å². The molecule has 0 aromatic carbocycles. The second kappa shape index (κ2) is 6.49. The first-order chi connectivity index (χ1) is 8.86. The number of pyridine rings is 2. The van der Waals surface area contributed by atoms with Crippen LogP contribution in [0, 0.1) is 0 Å². The van der Waals surface area contributed by atoms with Gasteiger partial charge >= 0.3 is 0 Å². The highest BCUT2D eigenvalue weighted by molar-refractivity contribution is 5.92. The zero-order valence-corrected chi connectivity index (χ0v) is 10.0. The highest BCUT2D eigenvalue weighted by Crippen LogP contribution is 1.98. The minimum atomic E-state index is -0.128. The molecule has 1 N–H and O–H groups in total. The Balaban J connectivity index is 1.72. The lowest BCUT2D eigenvalue weighted by Gasteiger charge is -2.04. The van der Waals surface area contributed by atoms with Gasteiger partial charge in [-0.15, -0.1) is 0 Å². The molecule has 0 bridgehead atoms. The summed E-state index contributed by atoms with van der Waals surface area (Å²) < 4.78 is 0. The van der Waals surface area contributed by atoms with Crippen molar-refractivity contribution in [1.82, 2.24) is 15.3 Å². The van der Waals surface area contributed by atoms with Crippen LogP contribution < -0.4 is 5.32 Å². The van der Waals surface area contributed by atoms with Crippen LogP contribution in [0.15, 0.2) is 48.8 Å². The molecule has 0 saturated carbocycles. The van der Waals surface area contributed by atoms with Crippen LogP contribution in [0.25, 0.3) is 0 Å². The van der Waals surface area contributed by atoms with E-state index in [0.717, 1.165) is 18.5 Å². The molecule has 0 aliphatic carbocycles. The minimum Gasteiger partial charge on any atom is -0.351 e. The van der Waals surface area contributed by atoms with Crippen molar-refractivity contribution in [1.29, 1.82) is 0 Å². The summed E-state index contributed by atoms with van der Waals surface area (Å²) in [6.45, 7) is 0.631. The number of amides is 1. The van der Waals surface area contributed by atoms with Gasteiger partial charge in [-0.2, -0.15) is 0 Å². The smallest absolute Gasteiger partial charge is 0.269 e. The first kappa shape index (κ1) is 12.2. The Kier molecular flexibility index (Phi) is 4.41. The van der Waals surface area contributed by atoms with E-state index in [9.17, 15) is 4.79 Å². The monoisotopic (exact) mass is 241 g/mol. The van der Waals surface area contributed by atoms with Gasteiger partial charge < -0.3 is 5.32 Å². The van der Waals surface area contributed by atoms with E-state index in [-0.39, 0.29) is 5.91 Å². The van der Waals surface area contributed by atoms with E-state index in [0.29, 0.717) is 12.2 Å². The second-order valence-electron chi connectivity index (χ2n) is 3.90. The Morgan fingerprint density at radius 1 is 1.06 bits per heavy atom. The molecule has 0 unspecified atom stereocenters. The normalized spacial score (nSPS) is 10.0. The summed E-state index contributed by atoms with van der Waals surface area (Å²) in [5.74, 6) is -0.128. The lowest BCUT2D eigenvalue weighted by atomic mass is 10.2. The second-order valence-corrected chi connectivity index (χ2v) is 3.90. The summed E-state index contributed by atoms with van der Waals surface area (Å²) in [5.41, 5.74) is 1.50. The maximum absolute atomic E-state index is 11.7. The molecule has 0 fully saturated rings. The van der Waals surface area contributed by atoms with Crippen LogP contribution in [0.2, 0.25) is 0 Å². The maximum atomic E-state index is 11.7. The lowest BCUT2D eigenvalue weighted by Crippen LogP contribution is -2.25. The van der Waals surface area contributed by atoms with Gasteiger partial charge in [0.1, 0.15) is 5.69 Å². The number of rotatable bonds is 5. The Morgan fingerprint density at radius 3 is 2.50 bits per heavy atom. The topological polar surface area (TPSA) is 54.9 Å². The van der Waals surface area contributed by atoms with E-state index in [1.807, 2.05) is 18.2 Å². The fourth-order valence-corrected chi connectivity index (χ4v) is 1.61. The predicted octanol–water partition coefficient (Wildman–Crippen LogP) is 1.84. The Morgan fingerprint density at radius 2 is 1.83 bits per heavy atom. The number of nitrogens with zero attached hydrogens (tertiary/aromatic N) is 2. The van der Waals surface area contributed by atoms with Gasteiger partial charge in [0.05, 0.1) is 0 Å². The summed E-state index contributed by atoms with van der Waals surface area (Å²) >= 11 is 0. The van der Waals surface area contributed by atoms with Crippen molar-refractivity contribution in [2.24, 2.45) is 0 Å². The fraction of sp³-hybridized carbons (Fsp3) is 0.214. The molecule has 2 heterocycles. The summed E-state index contributed by atoms with van der Waals surface area (Å²) in [7, 11) is 0. The van der Waals surface area contributed by atoms with Gasteiger partial charge in [-0.3, -0.25) is 14.8 Å². The first-order valence-corrected chi connectivity index (χ1v) is 5.95. The number of aryl methyl sites for hydroxylation is 1. The first-order valence-electron chi connectivity index (χ1n) is 5.95. The van der Waals surface area contributed by atoms with Gasteiger partial charge in [-0.05, 0) is 37.1 Å². The quantitative estimate of drug-likeness (QED) is 0.813. The van der Waals surface area contributed by atoms with Crippen molar-refractivity contribution in [3.05, 3.63) is 60.2 Å². The third-order valence-corrected chi connectivity index (χ3v) is 2.52. The number of aromatic nitrogens is 2.